The van der Waals surface area contributed by atoms with Crippen LogP contribution in [-0.2, 0) is 0 Å². The predicted octanol–water partition coefficient (Wildman–Crippen LogP) is 6.89. The van der Waals surface area contributed by atoms with Gasteiger partial charge < -0.3 is 10.6 Å². The van der Waals surface area contributed by atoms with Gasteiger partial charge >= 0.3 is 0 Å². The molecule has 2 aromatic heterocycles. The van der Waals surface area contributed by atoms with Crippen LogP contribution in [0.15, 0.2) is 72.8 Å². The van der Waals surface area contributed by atoms with Crippen LogP contribution >= 0.6 is 22.7 Å². The van der Waals surface area contributed by atoms with Crippen molar-refractivity contribution in [3.8, 4) is 0 Å². The summed E-state index contributed by atoms with van der Waals surface area (Å²) in [5.74, 6) is 0. The molecule has 0 aliphatic heterocycles. The summed E-state index contributed by atoms with van der Waals surface area (Å²) < 4.78 is 2.35. The molecule has 3 aromatic carbocycles. The Kier molecular flexibility index (Phi) is 3.77. The Hall–Kier alpha value is -2.96. The third-order valence-electron chi connectivity index (χ3n) is 4.00. The van der Waals surface area contributed by atoms with Crippen LogP contribution in [0.25, 0.3) is 20.4 Å². The number of hydrogen-bond acceptors (Lipinski definition) is 6. The van der Waals surface area contributed by atoms with Crippen molar-refractivity contribution in [3.05, 3.63) is 72.8 Å². The Labute approximate surface area is 161 Å². The minimum absolute atomic E-state index is 0. The molecule has 2 N–H and O–H groups in total. The van der Waals surface area contributed by atoms with Crippen LogP contribution in [0, 0.1) is 0 Å². The first-order valence-corrected chi connectivity index (χ1v) is 9.83. The number of hydrogen-bond donors (Lipinski definition) is 2. The van der Waals surface area contributed by atoms with Crippen LogP contribution in [0.3, 0.4) is 0 Å². The van der Waals surface area contributed by atoms with Gasteiger partial charge in [0.25, 0.3) is 0 Å². The average molecular weight is 379 g/mol. The van der Waals surface area contributed by atoms with Crippen molar-refractivity contribution in [3.63, 3.8) is 0 Å². The largest absolute Gasteiger partial charge is 0.330 e. The summed E-state index contributed by atoms with van der Waals surface area (Å²) in [6.07, 6.45) is 0. The normalized spacial score (nSPS) is 11.1. The van der Waals surface area contributed by atoms with Crippen molar-refractivity contribution < 1.29 is 2.85 Å². The smallest absolute Gasteiger partial charge is 0.188 e. The maximum Gasteiger partial charge on any atom is 0.188 e. The highest BCUT2D eigenvalue weighted by atomic mass is 32.1. The van der Waals surface area contributed by atoms with Gasteiger partial charge in [0.1, 0.15) is 0 Å². The Balaban J connectivity index is 0.00000112. The third kappa shape index (κ3) is 2.89. The van der Waals surface area contributed by atoms with Gasteiger partial charge in [-0.15, -0.1) is 0 Å². The number of anilines is 4. The van der Waals surface area contributed by atoms with Crippen molar-refractivity contribution in [2.75, 3.05) is 10.6 Å². The molecule has 6 heteroatoms. The zero-order valence-electron chi connectivity index (χ0n) is 13.6. The highest BCUT2D eigenvalue weighted by molar-refractivity contribution is 7.22. The number of aromatic nitrogens is 2. The molecule has 130 valence electrons. The van der Waals surface area contributed by atoms with Crippen LogP contribution < -0.4 is 10.6 Å². The van der Waals surface area contributed by atoms with Gasteiger partial charge in [-0.05, 0) is 36.4 Å². The second-order valence-electron chi connectivity index (χ2n) is 5.77. The second-order valence-corrected chi connectivity index (χ2v) is 7.83. The molecule has 5 aromatic rings. The van der Waals surface area contributed by atoms with Crippen LogP contribution in [0.2, 0.25) is 0 Å². The Morgan fingerprint density at radius 1 is 0.577 bits per heavy atom. The molecule has 5 rings (SSSR count). The lowest BCUT2D eigenvalue weighted by atomic mass is 10.2. The van der Waals surface area contributed by atoms with Crippen molar-refractivity contribution in [1.82, 2.24) is 9.97 Å². The number of fused-ring (bicyclic) bond motifs is 2. The van der Waals surface area contributed by atoms with Crippen LogP contribution in [0.5, 0.6) is 0 Å². The molecule has 0 bridgehead atoms. The number of rotatable bonds is 4. The number of thiazole rings is 2. The van der Waals surface area contributed by atoms with E-state index >= 15 is 0 Å². The van der Waals surface area contributed by atoms with E-state index in [0.717, 1.165) is 32.7 Å². The summed E-state index contributed by atoms with van der Waals surface area (Å²) >= 11 is 3.30. The molecule has 0 fully saturated rings. The van der Waals surface area contributed by atoms with Crippen molar-refractivity contribution >= 4 is 64.7 Å². The molecule has 0 unspecified atom stereocenters. The monoisotopic (exact) mass is 378 g/mol. The molecule has 0 aliphatic carbocycles. The van der Waals surface area contributed by atoms with Gasteiger partial charge in [-0.1, -0.05) is 59.1 Å². The summed E-state index contributed by atoms with van der Waals surface area (Å²) in [6.45, 7) is 0. The highest BCUT2D eigenvalue weighted by Gasteiger charge is 2.09. The molecule has 0 amide bonds. The zero-order chi connectivity index (χ0) is 17.3. The molecular formula is C20H18N4S2. The molecule has 0 saturated heterocycles. The standard InChI is InChI=1S/C20H14N4S2.2H2/c1-2-8-14(22-20-24-16-10-4-6-12-18(16)26-20)13(7-1)21-19-23-15-9-3-5-11-17(15)25-19;;/h1-12H,(H,21,23)(H,22,24);2*1H. The molecule has 0 atom stereocenters. The molecule has 26 heavy (non-hydrogen) atoms. The van der Waals surface area contributed by atoms with E-state index < -0.39 is 0 Å². The average Bonchev–Trinajstić information content (AvgIpc) is 3.26. The fourth-order valence-corrected chi connectivity index (χ4v) is 4.54. The van der Waals surface area contributed by atoms with E-state index in [1.165, 1.54) is 9.40 Å². The summed E-state index contributed by atoms with van der Waals surface area (Å²) in [7, 11) is 0. The maximum absolute atomic E-state index is 4.66. The molecule has 0 spiro atoms. The maximum atomic E-state index is 4.66. The lowest BCUT2D eigenvalue weighted by Gasteiger charge is -2.10. The Morgan fingerprint density at radius 2 is 1.00 bits per heavy atom. The minimum Gasteiger partial charge on any atom is -0.330 e. The predicted molar refractivity (Wildman–Crippen MR) is 116 cm³/mol. The van der Waals surface area contributed by atoms with Gasteiger partial charge in [0.15, 0.2) is 10.3 Å². The summed E-state index contributed by atoms with van der Waals surface area (Å²) in [6, 6.07) is 24.4. The SMILES string of the molecule is [HH].[HH].c1ccc(Nc2nc3ccccc3s2)c(Nc2nc3ccccc3s2)c1. The highest BCUT2D eigenvalue weighted by Crippen LogP contribution is 2.34. The Bertz CT molecular complexity index is 1060. The topological polar surface area (TPSA) is 49.8 Å². The molecule has 2 heterocycles. The van der Waals surface area contributed by atoms with Crippen LogP contribution in [0.4, 0.5) is 21.6 Å². The first kappa shape index (κ1) is 15.3. The van der Waals surface area contributed by atoms with Gasteiger partial charge in [-0.25, -0.2) is 9.97 Å². The van der Waals surface area contributed by atoms with Gasteiger partial charge in [-0.3, -0.25) is 0 Å². The zero-order valence-corrected chi connectivity index (χ0v) is 15.3. The minimum atomic E-state index is 0. The van der Waals surface area contributed by atoms with Gasteiger partial charge in [-0.2, -0.15) is 0 Å². The number of para-hydroxylation sites is 4. The molecule has 4 nitrogen and oxygen atoms in total. The van der Waals surface area contributed by atoms with E-state index in [0.29, 0.717) is 0 Å². The van der Waals surface area contributed by atoms with E-state index in [-0.39, 0.29) is 2.85 Å². The molecule has 0 saturated carbocycles. The molecule has 0 aliphatic rings. The second kappa shape index (κ2) is 6.40. The fourth-order valence-electron chi connectivity index (χ4n) is 2.78. The Morgan fingerprint density at radius 3 is 1.46 bits per heavy atom. The van der Waals surface area contributed by atoms with E-state index in [2.05, 4.69) is 32.7 Å². The first-order chi connectivity index (χ1) is 12.8. The summed E-state index contributed by atoms with van der Waals surface area (Å²) in [5, 5.41) is 8.63. The van der Waals surface area contributed by atoms with E-state index in [1.54, 1.807) is 22.7 Å². The van der Waals surface area contributed by atoms with Crippen LogP contribution in [0.1, 0.15) is 2.85 Å². The first-order valence-electron chi connectivity index (χ1n) is 8.19. The number of nitrogens with one attached hydrogen (secondary N) is 2. The molecule has 0 radical (unpaired) electrons. The number of benzene rings is 3. The van der Waals surface area contributed by atoms with Gasteiger partial charge in [0, 0.05) is 2.85 Å². The van der Waals surface area contributed by atoms with E-state index in [4.69, 9.17) is 0 Å². The van der Waals surface area contributed by atoms with Crippen LogP contribution in [-0.4, -0.2) is 9.97 Å². The fraction of sp³-hybridized carbons (Fsp3) is 0. The quantitative estimate of drug-likeness (QED) is 0.358. The van der Waals surface area contributed by atoms with Crippen molar-refractivity contribution in [2.45, 2.75) is 0 Å². The third-order valence-corrected chi connectivity index (χ3v) is 5.90. The van der Waals surface area contributed by atoms with Gasteiger partial charge in [0.05, 0.1) is 31.8 Å². The lowest BCUT2D eigenvalue weighted by Crippen LogP contribution is -1.96. The molecular weight excluding hydrogens is 360 g/mol. The lowest BCUT2D eigenvalue weighted by molar-refractivity contribution is 1.41. The van der Waals surface area contributed by atoms with Crippen molar-refractivity contribution in [2.24, 2.45) is 0 Å². The van der Waals surface area contributed by atoms with E-state index in [1.807, 2.05) is 60.7 Å². The van der Waals surface area contributed by atoms with E-state index in [9.17, 15) is 0 Å². The van der Waals surface area contributed by atoms with Gasteiger partial charge in [0.2, 0.25) is 0 Å². The number of nitrogens with zero attached hydrogens (tertiary/aromatic N) is 2. The van der Waals surface area contributed by atoms with Crippen molar-refractivity contribution in [1.29, 1.82) is 0 Å². The summed E-state index contributed by atoms with van der Waals surface area (Å²) in [5.41, 5.74) is 3.98. The summed E-state index contributed by atoms with van der Waals surface area (Å²) in [4.78, 5) is 9.32.